The van der Waals surface area contributed by atoms with Crippen LogP contribution in [0.25, 0.3) is 0 Å². The average molecular weight is 396 g/mol. The number of hydrogen-bond donors (Lipinski definition) is 1. The summed E-state index contributed by atoms with van der Waals surface area (Å²) in [7, 11) is 0. The monoisotopic (exact) mass is 395 g/mol. The van der Waals surface area contributed by atoms with E-state index < -0.39 is 0 Å². The molecule has 2 heterocycles. The van der Waals surface area contributed by atoms with Gasteiger partial charge in [-0.3, -0.25) is 4.79 Å². The molecule has 146 valence electrons. The summed E-state index contributed by atoms with van der Waals surface area (Å²) in [5.74, 6) is 0.734. The van der Waals surface area contributed by atoms with Gasteiger partial charge in [-0.25, -0.2) is 15.0 Å². The average Bonchev–Trinajstić information content (AvgIpc) is 3.26. The quantitative estimate of drug-likeness (QED) is 0.591. The van der Waals surface area contributed by atoms with E-state index in [1.165, 1.54) is 0 Å². The van der Waals surface area contributed by atoms with Crippen molar-refractivity contribution in [3.63, 3.8) is 0 Å². The van der Waals surface area contributed by atoms with Gasteiger partial charge < -0.3 is 10.2 Å². The molecule has 28 heavy (non-hydrogen) atoms. The van der Waals surface area contributed by atoms with Gasteiger partial charge in [0.15, 0.2) is 0 Å². The Bertz CT molecular complexity index is 863. The third-order valence-corrected chi connectivity index (χ3v) is 5.07. The second-order valence-electron chi connectivity index (χ2n) is 6.49. The SMILES string of the molecule is CCC(=O)Nc1ccc(CN(CCc2cscn2)c2ncc(CC)cn2)cc1. The van der Waals surface area contributed by atoms with E-state index in [0.29, 0.717) is 13.0 Å². The predicted molar refractivity (Wildman–Crippen MR) is 114 cm³/mol. The number of amides is 1. The van der Waals surface area contributed by atoms with E-state index in [1.54, 1.807) is 11.3 Å². The van der Waals surface area contributed by atoms with Gasteiger partial charge in [0.25, 0.3) is 0 Å². The van der Waals surface area contributed by atoms with Crippen molar-refractivity contribution in [2.75, 3.05) is 16.8 Å². The Labute approximate surface area is 169 Å². The largest absolute Gasteiger partial charge is 0.336 e. The first-order valence-electron chi connectivity index (χ1n) is 9.49. The zero-order valence-corrected chi connectivity index (χ0v) is 17.1. The molecule has 1 N–H and O–H groups in total. The fraction of sp³-hybridized carbons (Fsp3) is 0.333. The number of nitrogens with one attached hydrogen (secondary N) is 1. The van der Waals surface area contributed by atoms with Crippen LogP contribution in [0.3, 0.4) is 0 Å². The molecule has 6 nitrogen and oxygen atoms in total. The molecule has 1 amide bonds. The molecule has 0 saturated heterocycles. The smallest absolute Gasteiger partial charge is 0.225 e. The number of carbonyl (C=O) groups excluding carboxylic acids is 1. The van der Waals surface area contributed by atoms with Crippen molar-refractivity contribution in [3.8, 4) is 0 Å². The molecule has 0 bridgehead atoms. The Morgan fingerprint density at radius 2 is 1.82 bits per heavy atom. The lowest BCUT2D eigenvalue weighted by Crippen LogP contribution is -2.27. The molecular formula is C21H25N5OS. The Hall–Kier alpha value is -2.80. The third kappa shape index (κ3) is 5.60. The minimum atomic E-state index is 0.0158. The lowest BCUT2D eigenvalue weighted by Gasteiger charge is -2.22. The number of carbonyl (C=O) groups is 1. The molecule has 2 aromatic heterocycles. The van der Waals surface area contributed by atoms with Crippen molar-refractivity contribution >= 4 is 28.9 Å². The van der Waals surface area contributed by atoms with Crippen molar-refractivity contribution in [2.24, 2.45) is 0 Å². The minimum Gasteiger partial charge on any atom is -0.336 e. The molecule has 0 radical (unpaired) electrons. The van der Waals surface area contributed by atoms with Gasteiger partial charge in [0.05, 0.1) is 11.2 Å². The van der Waals surface area contributed by atoms with Gasteiger partial charge in [-0.15, -0.1) is 11.3 Å². The lowest BCUT2D eigenvalue weighted by molar-refractivity contribution is -0.115. The zero-order valence-electron chi connectivity index (χ0n) is 16.3. The number of anilines is 2. The molecule has 7 heteroatoms. The summed E-state index contributed by atoms with van der Waals surface area (Å²) < 4.78 is 0. The van der Waals surface area contributed by atoms with Crippen molar-refractivity contribution in [1.82, 2.24) is 15.0 Å². The Balaban J connectivity index is 1.72. The van der Waals surface area contributed by atoms with E-state index in [1.807, 2.05) is 49.1 Å². The van der Waals surface area contributed by atoms with Crippen LogP contribution in [0.4, 0.5) is 11.6 Å². The summed E-state index contributed by atoms with van der Waals surface area (Å²) in [6.45, 7) is 5.41. The van der Waals surface area contributed by atoms with E-state index in [4.69, 9.17) is 0 Å². The van der Waals surface area contributed by atoms with Crippen LogP contribution in [0.1, 0.15) is 37.1 Å². The molecule has 0 spiro atoms. The summed E-state index contributed by atoms with van der Waals surface area (Å²) in [6, 6.07) is 7.92. The van der Waals surface area contributed by atoms with Crippen LogP contribution in [0, 0.1) is 0 Å². The van der Waals surface area contributed by atoms with Crippen molar-refractivity contribution in [3.05, 3.63) is 64.4 Å². The number of nitrogens with zero attached hydrogens (tertiary/aromatic N) is 4. The molecule has 0 unspecified atom stereocenters. The van der Waals surface area contributed by atoms with Crippen LogP contribution in [-0.4, -0.2) is 27.4 Å². The van der Waals surface area contributed by atoms with Crippen LogP contribution in [0.15, 0.2) is 47.5 Å². The first-order valence-corrected chi connectivity index (χ1v) is 10.4. The topological polar surface area (TPSA) is 71.0 Å². The fourth-order valence-corrected chi connectivity index (χ4v) is 3.31. The number of aryl methyl sites for hydroxylation is 1. The summed E-state index contributed by atoms with van der Waals surface area (Å²) in [6.07, 6.45) is 6.01. The lowest BCUT2D eigenvalue weighted by atomic mass is 10.2. The van der Waals surface area contributed by atoms with Crippen molar-refractivity contribution in [1.29, 1.82) is 0 Å². The number of benzene rings is 1. The summed E-state index contributed by atoms with van der Waals surface area (Å²) >= 11 is 1.61. The molecule has 0 aliphatic rings. The van der Waals surface area contributed by atoms with Gasteiger partial charge in [0, 0.05) is 49.4 Å². The van der Waals surface area contributed by atoms with Gasteiger partial charge >= 0.3 is 0 Å². The summed E-state index contributed by atoms with van der Waals surface area (Å²) in [4.78, 5) is 27.2. The maximum atomic E-state index is 11.5. The summed E-state index contributed by atoms with van der Waals surface area (Å²) in [5, 5.41) is 4.95. The van der Waals surface area contributed by atoms with Crippen LogP contribution in [0.2, 0.25) is 0 Å². The predicted octanol–water partition coefficient (Wildman–Crippen LogP) is 4.09. The van der Waals surface area contributed by atoms with Crippen LogP contribution in [-0.2, 0) is 24.2 Å². The highest BCUT2D eigenvalue weighted by Crippen LogP contribution is 2.16. The first kappa shape index (κ1) is 19.9. The highest BCUT2D eigenvalue weighted by atomic mass is 32.1. The summed E-state index contributed by atoms with van der Waals surface area (Å²) in [5.41, 5.74) is 6.01. The maximum absolute atomic E-state index is 11.5. The normalized spacial score (nSPS) is 10.6. The number of rotatable bonds is 9. The highest BCUT2D eigenvalue weighted by molar-refractivity contribution is 7.07. The number of hydrogen-bond acceptors (Lipinski definition) is 6. The number of aromatic nitrogens is 3. The zero-order chi connectivity index (χ0) is 19.8. The molecule has 3 aromatic rings. The second kappa shape index (κ2) is 9.94. The maximum Gasteiger partial charge on any atom is 0.225 e. The minimum absolute atomic E-state index is 0.0158. The standard InChI is InChI=1S/C21H25N5OS/c1-3-16-11-22-21(23-12-16)26(10-9-19-14-28-15-24-19)13-17-5-7-18(8-6-17)25-20(27)4-2/h5-8,11-12,14-15H,3-4,9-10,13H2,1-2H3,(H,25,27). The van der Waals surface area contributed by atoms with Gasteiger partial charge in [-0.2, -0.15) is 0 Å². The van der Waals surface area contributed by atoms with E-state index >= 15 is 0 Å². The molecule has 3 rings (SSSR count). The van der Waals surface area contributed by atoms with Crippen LogP contribution >= 0.6 is 11.3 Å². The second-order valence-corrected chi connectivity index (χ2v) is 7.21. The third-order valence-electron chi connectivity index (χ3n) is 4.44. The number of thiazole rings is 1. The Morgan fingerprint density at radius 3 is 2.43 bits per heavy atom. The molecule has 0 saturated carbocycles. The molecule has 1 aromatic carbocycles. The fourth-order valence-electron chi connectivity index (χ4n) is 2.72. The van der Waals surface area contributed by atoms with E-state index in [2.05, 4.69) is 37.5 Å². The van der Waals surface area contributed by atoms with Gasteiger partial charge in [0.1, 0.15) is 0 Å². The van der Waals surface area contributed by atoms with Crippen molar-refractivity contribution in [2.45, 2.75) is 39.7 Å². The van der Waals surface area contributed by atoms with Crippen LogP contribution < -0.4 is 10.2 Å². The molecule has 0 fully saturated rings. The molecule has 0 atom stereocenters. The van der Waals surface area contributed by atoms with Gasteiger partial charge in [-0.1, -0.05) is 26.0 Å². The van der Waals surface area contributed by atoms with E-state index in [0.717, 1.165) is 47.8 Å². The highest BCUT2D eigenvalue weighted by Gasteiger charge is 2.12. The Kier molecular flexibility index (Phi) is 7.08. The Morgan fingerprint density at radius 1 is 1.07 bits per heavy atom. The van der Waals surface area contributed by atoms with E-state index in [-0.39, 0.29) is 5.91 Å². The van der Waals surface area contributed by atoms with E-state index in [9.17, 15) is 4.79 Å². The molecule has 0 aliphatic carbocycles. The van der Waals surface area contributed by atoms with Crippen LogP contribution in [0.5, 0.6) is 0 Å². The van der Waals surface area contributed by atoms with Crippen molar-refractivity contribution < 1.29 is 4.79 Å². The first-order chi connectivity index (χ1) is 13.7. The van der Waals surface area contributed by atoms with Gasteiger partial charge in [-0.05, 0) is 29.7 Å². The molecule has 0 aliphatic heterocycles. The van der Waals surface area contributed by atoms with Gasteiger partial charge in [0.2, 0.25) is 11.9 Å². The molecular weight excluding hydrogens is 370 g/mol.